The van der Waals surface area contributed by atoms with Gasteiger partial charge in [0.15, 0.2) is 5.60 Å². The second kappa shape index (κ2) is 11.7. The van der Waals surface area contributed by atoms with Gasteiger partial charge < -0.3 is 15.0 Å². The SMILES string of the molecule is CSc1ccccc1CNC(=O)c1csc(C2CCN(C(=O)C(C)(C)Oc3ccccc3Cl)CC2)n1. The molecule has 0 spiro atoms. The molecule has 2 aromatic carbocycles. The van der Waals surface area contributed by atoms with Crippen LogP contribution in [0.4, 0.5) is 0 Å². The number of piperidine rings is 1. The highest BCUT2D eigenvalue weighted by atomic mass is 35.5. The van der Waals surface area contributed by atoms with Crippen molar-refractivity contribution in [3.05, 3.63) is 75.2 Å². The van der Waals surface area contributed by atoms with Crippen LogP contribution in [0.25, 0.3) is 0 Å². The highest BCUT2D eigenvalue weighted by molar-refractivity contribution is 7.98. The van der Waals surface area contributed by atoms with Crippen molar-refractivity contribution in [2.75, 3.05) is 19.3 Å². The summed E-state index contributed by atoms with van der Waals surface area (Å²) in [5.41, 5.74) is 0.510. The molecule has 1 fully saturated rings. The van der Waals surface area contributed by atoms with Gasteiger partial charge in [0.1, 0.15) is 11.4 Å². The lowest BCUT2D eigenvalue weighted by Crippen LogP contribution is -2.51. The van der Waals surface area contributed by atoms with Gasteiger partial charge in [-0.2, -0.15) is 0 Å². The summed E-state index contributed by atoms with van der Waals surface area (Å²) in [4.78, 5) is 33.5. The summed E-state index contributed by atoms with van der Waals surface area (Å²) >= 11 is 9.39. The van der Waals surface area contributed by atoms with Gasteiger partial charge in [-0.1, -0.05) is 41.9 Å². The van der Waals surface area contributed by atoms with Crippen molar-refractivity contribution < 1.29 is 14.3 Å². The molecular formula is C27H30ClN3O3S2. The van der Waals surface area contributed by atoms with E-state index < -0.39 is 5.60 Å². The predicted octanol–water partition coefficient (Wildman–Crippen LogP) is 6.01. The normalized spacial score (nSPS) is 14.5. The van der Waals surface area contributed by atoms with E-state index in [1.165, 1.54) is 11.3 Å². The van der Waals surface area contributed by atoms with Crippen LogP contribution >= 0.6 is 34.7 Å². The van der Waals surface area contributed by atoms with Crippen LogP contribution in [-0.2, 0) is 11.3 Å². The van der Waals surface area contributed by atoms with E-state index in [0.29, 0.717) is 36.1 Å². The van der Waals surface area contributed by atoms with E-state index in [1.807, 2.05) is 52.9 Å². The lowest BCUT2D eigenvalue weighted by Gasteiger charge is -2.36. The Balaban J connectivity index is 1.31. The van der Waals surface area contributed by atoms with Gasteiger partial charge in [-0.25, -0.2) is 4.98 Å². The van der Waals surface area contributed by atoms with Crippen LogP contribution in [0.15, 0.2) is 58.8 Å². The van der Waals surface area contributed by atoms with Crippen molar-refractivity contribution in [2.24, 2.45) is 0 Å². The fourth-order valence-electron chi connectivity index (χ4n) is 4.25. The number of halogens is 1. The first-order valence-electron chi connectivity index (χ1n) is 11.9. The molecule has 0 aliphatic carbocycles. The summed E-state index contributed by atoms with van der Waals surface area (Å²) in [6.45, 7) is 5.24. The average Bonchev–Trinajstić information content (AvgIpc) is 3.39. The number of thiazole rings is 1. The molecule has 1 saturated heterocycles. The maximum atomic E-state index is 13.2. The highest BCUT2D eigenvalue weighted by Gasteiger charge is 2.37. The number of aromatic nitrogens is 1. The number of carbonyl (C=O) groups is 2. The molecule has 0 unspecified atom stereocenters. The van der Waals surface area contributed by atoms with Crippen molar-refractivity contribution in [1.29, 1.82) is 0 Å². The molecule has 1 N–H and O–H groups in total. The number of rotatable bonds is 8. The molecular weight excluding hydrogens is 514 g/mol. The number of hydrogen-bond donors (Lipinski definition) is 1. The van der Waals surface area contributed by atoms with Crippen LogP contribution in [0.2, 0.25) is 5.02 Å². The molecule has 6 nitrogen and oxygen atoms in total. The summed E-state index contributed by atoms with van der Waals surface area (Å²) in [5.74, 6) is 0.494. The van der Waals surface area contributed by atoms with Crippen molar-refractivity contribution in [2.45, 2.75) is 49.6 Å². The van der Waals surface area contributed by atoms with Gasteiger partial charge in [0.2, 0.25) is 0 Å². The van der Waals surface area contributed by atoms with Crippen LogP contribution in [-0.4, -0.2) is 46.6 Å². The summed E-state index contributed by atoms with van der Waals surface area (Å²) in [5, 5.41) is 6.24. The molecule has 2 amide bonds. The Bertz CT molecular complexity index is 1220. The first-order chi connectivity index (χ1) is 17.3. The molecule has 0 atom stereocenters. The Morgan fingerprint density at radius 1 is 1.17 bits per heavy atom. The molecule has 3 aromatic rings. The van der Waals surface area contributed by atoms with Gasteiger partial charge in [-0.15, -0.1) is 23.1 Å². The Morgan fingerprint density at radius 3 is 2.58 bits per heavy atom. The number of likely N-dealkylation sites (tertiary alicyclic amines) is 1. The fraction of sp³-hybridized carbons (Fsp3) is 0.370. The van der Waals surface area contributed by atoms with Gasteiger partial charge in [0.05, 0.1) is 10.0 Å². The summed E-state index contributed by atoms with van der Waals surface area (Å²) in [7, 11) is 0. The second-order valence-corrected chi connectivity index (χ2v) is 11.3. The third-order valence-corrected chi connectivity index (χ3v) is 8.39. The monoisotopic (exact) mass is 543 g/mol. The maximum absolute atomic E-state index is 13.2. The molecule has 0 saturated carbocycles. The summed E-state index contributed by atoms with van der Waals surface area (Å²) in [6.07, 6.45) is 3.62. The van der Waals surface area contributed by atoms with Crippen LogP contribution in [0.5, 0.6) is 5.75 Å². The minimum atomic E-state index is -1.03. The van der Waals surface area contributed by atoms with E-state index in [9.17, 15) is 9.59 Å². The van der Waals surface area contributed by atoms with E-state index in [1.54, 1.807) is 37.7 Å². The minimum Gasteiger partial charge on any atom is -0.476 e. The fourth-order valence-corrected chi connectivity index (χ4v) is 6.01. The van der Waals surface area contributed by atoms with E-state index in [0.717, 1.165) is 28.3 Å². The lowest BCUT2D eigenvalue weighted by atomic mass is 9.96. The van der Waals surface area contributed by atoms with Crippen molar-refractivity contribution in [3.63, 3.8) is 0 Å². The Kier molecular flexibility index (Phi) is 8.59. The topological polar surface area (TPSA) is 71.5 Å². The first kappa shape index (κ1) is 26.5. The van der Waals surface area contributed by atoms with Gasteiger partial charge in [0, 0.05) is 35.8 Å². The molecule has 0 radical (unpaired) electrons. The van der Waals surface area contributed by atoms with Crippen molar-refractivity contribution >= 4 is 46.5 Å². The number of nitrogens with zero attached hydrogens (tertiary/aromatic N) is 2. The Morgan fingerprint density at radius 2 is 1.86 bits per heavy atom. The molecule has 1 aliphatic heterocycles. The standard InChI is InChI=1S/C27H30ClN3O3S2/c1-27(2,34-22-10-6-5-9-20(22)28)26(33)31-14-12-18(13-15-31)25-30-21(17-36-25)24(32)29-16-19-8-4-7-11-23(19)35-3/h4-11,17-18H,12-16H2,1-3H3,(H,29,32). The molecule has 1 aromatic heterocycles. The molecule has 0 bridgehead atoms. The molecule has 9 heteroatoms. The number of carbonyl (C=O) groups excluding carboxylic acids is 2. The third-order valence-electron chi connectivity index (χ3n) is 6.23. The van der Waals surface area contributed by atoms with Crippen LogP contribution in [0, 0.1) is 0 Å². The predicted molar refractivity (Wildman–Crippen MR) is 146 cm³/mol. The zero-order valence-electron chi connectivity index (χ0n) is 20.6. The van der Waals surface area contributed by atoms with E-state index in [2.05, 4.69) is 10.3 Å². The van der Waals surface area contributed by atoms with Gasteiger partial charge in [0.25, 0.3) is 11.8 Å². The zero-order valence-corrected chi connectivity index (χ0v) is 23.0. The van der Waals surface area contributed by atoms with E-state index >= 15 is 0 Å². The largest absolute Gasteiger partial charge is 0.476 e. The maximum Gasteiger partial charge on any atom is 0.271 e. The lowest BCUT2D eigenvalue weighted by molar-refractivity contribution is -0.146. The number of ether oxygens (including phenoxy) is 1. The number of hydrogen-bond acceptors (Lipinski definition) is 6. The quantitative estimate of drug-likeness (QED) is 0.352. The highest BCUT2D eigenvalue weighted by Crippen LogP contribution is 2.33. The molecule has 4 rings (SSSR count). The summed E-state index contributed by atoms with van der Waals surface area (Å²) in [6, 6.07) is 15.2. The van der Waals surface area contributed by atoms with Gasteiger partial charge >= 0.3 is 0 Å². The van der Waals surface area contributed by atoms with Crippen LogP contribution in [0.1, 0.15) is 53.7 Å². The van der Waals surface area contributed by atoms with Crippen molar-refractivity contribution in [1.82, 2.24) is 15.2 Å². The number of para-hydroxylation sites is 1. The third kappa shape index (κ3) is 6.22. The number of nitrogens with one attached hydrogen (secondary N) is 1. The van der Waals surface area contributed by atoms with Crippen molar-refractivity contribution in [3.8, 4) is 5.75 Å². The Labute approximate surface area is 225 Å². The van der Waals surface area contributed by atoms with Crippen LogP contribution in [0.3, 0.4) is 0 Å². The average molecular weight is 544 g/mol. The van der Waals surface area contributed by atoms with Crippen LogP contribution < -0.4 is 10.1 Å². The molecule has 36 heavy (non-hydrogen) atoms. The van der Waals surface area contributed by atoms with E-state index in [-0.39, 0.29) is 17.7 Å². The molecule has 1 aliphatic rings. The zero-order chi connectivity index (χ0) is 25.7. The number of amides is 2. The smallest absolute Gasteiger partial charge is 0.271 e. The van der Waals surface area contributed by atoms with Gasteiger partial charge in [-0.05, 0) is 56.7 Å². The van der Waals surface area contributed by atoms with Gasteiger partial charge in [-0.3, -0.25) is 9.59 Å². The second-order valence-electron chi connectivity index (χ2n) is 9.17. The minimum absolute atomic E-state index is 0.0643. The number of benzene rings is 2. The first-order valence-corrected chi connectivity index (χ1v) is 14.3. The summed E-state index contributed by atoms with van der Waals surface area (Å²) < 4.78 is 5.98. The molecule has 190 valence electrons. The Hall–Kier alpha value is -2.55. The number of thioether (sulfide) groups is 1. The van der Waals surface area contributed by atoms with E-state index in [4.69, 9.17) is 16.3 Å². The molecule has 2 heterocycles.